The summed E-state index contributed by atoms with van der Waals surface area (Å²) in [5.41, 5.74) is 5.90. The standard InChI is InChI=1S/C10H18N4O3/c1-15-5-2-8(11)9-12-10(13-17-9)14-3-6-16-7-4-14/h8H,2-7,11H2,1H3. The lowest BCUT2D eigenvalue weighted by Crippen LogP contribution is -2.36. The molecule has 2 heterocycles. The first-order valence-corrected chi connectivity index (χ1v) is 5.72. The van der Waals surface area contributed by atoms with E-state index in [4.69, 9.17) is 19.7 Å². The fraction of sp³-hybridized carbons (Fsp3) is 0.800. The number of ether oxygens (including phenoxy) is 2. The van der Waals surface area contributed by atoms with E-state index >= 15 is 0 Å². The minimum atomic E-state index is -0.266. The topological polar surface area (TPSA) is 86.6 Å². The van der Waals surface area contributed by atoms with Gasteiger partial charge in [0, 0.05) is 26.8 Å². The Morgan fingerprint density at radius 3 is 2.94 bits per heavy atom. The van der Waals surface area contributed by atoms with Crippen LogP contribution < -0.4 is 10.6 Å². The van der Waals surface area contributed by atoms with Crippen LogP contribution in [-0.4, -0.2) is 50.2 Å². The molecular weight excluding hydrogens is 224 g/mol. The summed E-state index contributed by atoms with van der Waals surface area (Å²) in [4.78, 5) is 6.33. The molecular formula is C10H18N4O3. The zero-order chi connectivity index (χ0) is 12.1. The number of hydrogen-bond acceptors (Lipinski definition) is 7. The molecule has 0 bridgehead atoms. The highest BCUT2D eigenvalue weighted by atomic mass is 16.5. The van der Waals surface area contributed by atoms with Gasteiger partial charge in [0.05, 0.1) is 19.3 Å². The third kappa shape index (κ3) is 3.15. The maximum Gasteiger partial charge on any atom is 0.266 e. The number of morpholine rings is 1. The lowest BCUT2D eigenvalue weighted by Gasteiger charge is -2.24. The van der Waals surface area contributed by atoms with E-state index < -0.39 is 0 Å². The maximum atomic E-state index is 5.90. The molecule has 1 aliphatic heterocycles. The molecule has 0 aromatic carbocycles. The quantitative estimate of drug-likeness (QED) is 0.774. The predicted octanol–water partition coefficient (Wildman–Crippen LogP) is -0.0575. The minimum absolute atomic E-state index is 0.266. The van der Waals surface area contributed by atoms with E-state index in [9.17, 15) is 0 Å². The molecule has 2 N–H and O–H groups in total. The second-order valence-corrected chi connectivity index (χ2v) is 3.92. The molecule has 1 aromatic rings. The van der Waals surface area contributed by atoms with Gasteiger partial charge in [-0.1, -0.05) is 0 Å². The van der Waals surface area contributed by atoms with E-state index in [0.717, 1.165) is 13.1 Å². The molecule has 17 heavy (non-hydrogen) atoms. The van der Waals surface area contributed by atoms with E-state index in [0.29, 0.717) is 38.1 Å². The van der Waals surface area contributed by atoms with Crippen molar-refractivity contribution in [2.24, 2.45) is 5.73 Å². The molecule has 1 atom stereocenters. The van der Waals surface area contributed by atoms with Crippen LogP contribution >= 0.6 is 0 Å². The van der Waals surface area contributed by atoms with Crippen molar-refractivity contribution in [3.63, 3.8) is 0 Å². The van der Waals surface area contributed by atoms with E-state index in [1.807, 2.05) is 4.90 Å². The van der Waals surface area contributed by atoms with Gasteiger partial charge in [0.2, 0.25) is 5.89 Å². The van der Waals surface area contributed by atoms with Gasteiger partial charge in [-0.05, 0) is 11.6 Å². The molecule has 1 unspecified atom stereocenters. The van der Waals surface area contributed by atoms with Crippen molar-refractivity contribution in [3.8, 4) is 0 Å². The molecule has 2 rings (SSSR count). The monoisotopic (exact) mass is 242 g/mol. The number of rotatable bonds is 5. The van der Waals surface area contributed by atoms with E-state index in [-0.39, 0.29) is 6.04 Å². The Morgan fingerprint density at radius 1 is 1.47 bits per heavy atom. The third-order valence-electron chi connectivity index (χ3n) is 2.68. The Balaban J connectivity index is 1.94. The van der Waals surface area contributed by atoms with Crippen LogP contribution in [0.15, 0.2) is 4.52 Å². The van der Waals surface area contributed by atoms with Gasteiger partial charge >= 0.3 is 0 Å². The molecule has 1 saturated heterocycles. The Kier molecular flexibility index (Phi) is 4.29. The van der Waals surface area contributed by atoms with Crippen molar-refractivity contribution in [2.45, 2.75) is 12.5 Å². The highest BCUT2D eigenvalue weighted by molar-refractivity contribution is 5.28. The van der Waals surface area contributed by atoms with Crippen LogP contribution in [-0.2, 0) is 9.47 Å². The fourth-order valence-electron chi connectivity index (χ4n) is 1.64. The summed E-state index contributed by atoms with van der Waals surface area (Å²) < 4.78 is 15.4. The van der Waals surface area contributed by atoms with E-state index in [1.165, 1.54) is 0 Å². The number of nitrogens with zero attached hydrogens (tertiary/aromatic N) is 3. The van der Waals surface area contributed by atoms with Gasteiger partial charge in [0.15, 0.2) is 0 Å². The van der Waals surface area contributed by atoms with E-state index in [2.05, 4.69) is 10.1 Å². The lowest BCUT2D eigenvalue weighted by atomic mass is 10.2. The second-order valence-electron chi connectivity index (χ2n) is 3.92. The smallest absolute Gasteiger partial charge is 0.266 e. The van der Waals surface area contributed by atoms with Crippen molar-refractivity contribution in [2.75, 3.05) is 44.9 Å². The van der Waals surface area contributed by atoms with Gasteiger partial charge in [0.25, 0.3) is 5.95 Å². The molecule has 1 fully saturated rings. The number of hydrogen-bond donors (Lipinski definition) is 1. The van der Waals surface area contributed by atoms with E-state index in [1.54, 1.807) is 7.11 Å². The molecule has 0 radical (unpaired) electrons. The summed E-state index contributed by atoms with van der Waals surface area (Å²) in [5.74, 6) is 1.06. The van der Waals surface area contributed by atoms with Crippen molar-refractivity contribution in [1.82, 2.24) is 10.1 Å². The molecule has 0 saturated carbocycles. The van der Waals surface area contributed by atoms with Gasteiger partial charge in [0.1, 0.15) is 0 Å². The van der Waals surface area contributed by atoms with Crippen molar-refractivity contribution >= 4 is 5.95 Å². The Morgan fingerprint density at radius 2 is 2.24 bits per heavy atom. The maximum absolute atomic E-state index is 5.90. The first kappa shape index (κ1) is 12.3. The van der Waals surface area contributed by atoms with Crippen LogP contribution in [0.25, 0.3) is 0 Å². The van der Waals surface area contributed by atoms with Crippen LogP contribution in [0.5, 0.6) is 0 Å². The number of methoxy groups -OCH3 is 1. The van der Waals surface area contributed by atoms with Gasteiger partial charge in [-0.2, -0.15) is 4.98 Å². The summed E-state index contributed by atoms with van der Waals surface area (Å²) in [5, 5.41) is 3.93. The fourth-order valence-corrected chi connectivity index (χ4v) is 1.64. The molecule has 7 nitrogen and oxygen atoms in total. The summed E-state index contributed by atoms with van der Waals surface area (Å²) in [6.45, 7) is 3.54. The zero-order valence-corrected chi connectivity index (χ0v) is 9.96. The molecule has 0 aliphatic carbocycles. The summed E-state index contributed by atoms with van der Waals surface area (Å²) in [6, 6.07) is -0.266. The largest absolute Gasteiger partial charge is 0.385 e. The number of anilines is 1. The highest BCUT2D eigenvalue weighted by Crippen LogP contribution is 2.16. The zero-order valence-electron chi connectivity index (χ0n) is 9.96. The van der Waals surface area contributed by atoms with Crippen molar-refractivity contribution < 1.29 is 14.0 Å². The molecule has 1 aliphatic rings. The molecule has 0 spiro atoms. The van der Waals surface area contributed by atoms with Crippen LogP contribution in [0.4, 0.5) is 5.95 Å². The first-order valence-electron chi connectivity index (χ1n) is 5.72. The SMILES string of the molecule is COCCC(N)c1nc(N2CCOCC2)no1. The third-order valence-corrected chi connectivity index (χ3v) is 2.68. The number of aromatic nitrogens is 2. The van der Waals surface area contributed by atoms with Crippen molar-refractivity contribution in [1.29, 1.82) is 0 Å². The molecule has 96 valence electrons. The highest BCUT2D eigenvalue weighted by Gasteiger charge is 2.19. The second kappa shape index (κ2) is 5.95. The Hall–Kier alpha value is -1.18. The molecule has 0 amide bonds. The summed E-state index contributed by atoms with van der Waals surface area (Å²) in [6.07, 6.45) is 0.668. The lowest BCUT2D eigenvalue weighted by molar-refractivity contribution is 0.121. The Labute approximate surface area is 99.9 Å². The number of nitrogens with two attached hydrogens (primary N) is 1. The normalized spacial score (nSPS) is 18.4. The van der Waals surface area contributed by atoms with Crippen LogP contribution in [0.2, 0.25) is 0 Å². The van der Waals surface area contributed by atoms with Gasteiger partial charge < -0.3 is 24.6 Å². The van der Waals surface area contributed by atoms with Gasteiger partial charge in [-0.15, -0.1) is 0 Å². The molecule has 1 aromatic heterocycles. The van der Waals surface area contributed by atoms with Crippen LogP contribution in [0.1, 0.15) is 18.4 Å². The average Bonchev–Trinajstić information content (AvgIpc) is 2.86. The van der Waals surface area contributed by atoms with Gasteiger partial charge in [-0.3, -0.25) is 0 Å². The van der Waals surface area contributed by atoms with Gasteiger partial charge in [-0.25, -0.2) is 0 Å². The van der Waals surface area contributed by atoms with Crippen molar-refractivity contribution in [3.05, 3.63) is 5.89 Å². The minimum Gasteiger partial charge on any atom is -0.385 e. The predicted molar refractivity (Wildman–Crippen MR) is 60.8 cm³/mol. The average molecular weight is 242 g/mol. The van der Waals surface area contributed by atoms with Crippen LogP contribution in [0, 0.1) is 0 Å². The molecule has 7 heteroatoms. The summed E-state index contributed by atoms with van der Waals surface area (Å²) >= 11 is 0. The Bertz CT molecular complexity index is 338. The van der Waals surface area contributed by atoms with Crippen LogP contribution in [0.3, 0.4) is 0 Å². The first-order chi connectivity index (χ1) is 8.31. The summed E-state index contributed by atoms with van der Waals surface area (Å²) in [7, 11) is 1.64.